The standard InChI is InChI=1S/C23H35N3O2S/c1-16-14-21(19(4)25(16)12-9-13-28-5)22(27)15-29-23-24-17(2)18(3)26(23)20-10-7-6-8-11-20/h14,20H,6-13,15H2,1-5H3. The number of thioether (sulfide) groups is 1. The zero-order chi connectivity index (χ0) is 21.0. The quantitative estimate of drug-likeness (QED) is 0.310. The van der Waals surface area contributed by atoms with Crippen molar-refractivity contribution < 1.29 is 9.53 Å². The Balaban J connectivity index is 1.71. The number of Topliss-reactive ketones (excluding diaryl/α,β-unsaturated/α-hetero) is 1. The number of ether oxygens (including phenoxy) is 1. The van der Waals surface area contributed by atoms with Crippen LogP contribution in [0.2, 0.25) is 0 Å². The van der Waals surface area contributed by atoms with Gasteiger partial charge in [0.15, 0.2) is 10.9 Å². The van der Waals surface area contributed by atoms with Crippen LogP contribution >= 0.6 is 11.8 Å². The van der Waals surface area contributed by atoms with Gasteiger partial charge in [-0.25, -0.2) is 4.98 Å². The maximum Gasteiger partial charge on any atom is 0.175 e. The highest BCUT2D eigenvalue weighted by Gasteiger charge is 2.23. The second kappa shape index (κ2) is 9.98. The third-order valence-electron chi connectivity index (χ3n) is 6.23. The van der Waals surface area contributed by atoms with Crippen LogP contribution in [0.25, 0.3) is 0 Å². The number of carbonyl (C=O) groups is 1. The van der Waals surface area contributed by atoms with Crippen molar-refractivity contribution in [1.29, 1.82) is 0 Å². The molecule has 2 aromatic rings. The molecule has 0 atom stereocenters. The normalized spacial score (nSPS) is 15.2. The molecule has 3 rings (SSSR count). The molecular weight excluding hydrogens is 382 g/mol. The van der Waals surface area contributed by atoms with Gasteiger partial charge < -0.3 is 13.9 Å². The summed E-state index contributed by atoms with van der Waals surface area (Å²) in [6.45, 7) is 9.99. The Morgan fingerprint density at radius 1 is 1.17 bits per heavy atom. The topological polar surface area (TPSA) is 49.1 Å². The Labute approximate surface area is 179 Å². The molecule has 0 unspecified atom stereocenters. The van der Waals surface area contributed by atoms with Gasteiger partial charge in [-0.15, -0.1) is 0 Å². The van der Waals surface area contributed by atoms with Crippen molar-refractivity contribution in [2.45, 2.75) is 84.0 Å². The number of imidazole rings is 1. The van der Waals surface area contributed by atoms with E-state index in [2.05, 4.69) is 36.8 Å². The second-order valence-corrected chi connectivity index (χ2v) is 9.16. The second-order valence-electron chi connectivity index (χ2n) is 8.22. The Morgan fingerprint density at radius 3 is 2.59 bits per heavy atom. The number of hydrogen-bond donors (Lipinski definition) is 0. The predicted molar refractivity (Wildman–Crippen MR) is 119 cm³/mol. The van der Waals surface area contributed by atoms with E-state index in [0.29, 0.717) is 11.8 Å². The maximum atomic E-state index is 13.0. The number of aryl methyl sites for hydroxylation is 2. The number of aromatic nitrogens is 3. The van der Waals surface area contributed by atoms with E-state index in [1.54, 1.807) is 18.9 Å². The summed E-state index contributed by atoms with van der Waals surface area (Å²) in [6.07, 6.45) is 7.32. The van der Waals surface area contributed by atoms with Crippen molar-refractivity contribution in [3.63, 3.8) is 0 Å². The van der Waals surface area contributed by atoms with Gasteiger partial charge in [0.1, 0.15) is 0 Å². The first-order valence-electron chi connectivity index (χ1n) is 10.8. The zero-order valence-electron chi connectivity index (χ0n) is 18.6. The lowest BCUT2D eigenvalue weighted by molar-refractivity contribution is 0.102. The molecule has 0 amide bonds. The first kappa shape index (κ1) is 22.2. The lowest BCUT2D eigenvalue weighted by Gasteiger charge is -2.26. The van der Waals surface area contributed by atoms with Gasteiger partial charge in [-0.2, -0.15) is 0 Å². The van der Waals surface area contributed by atoms with Gasteiger partial charge in [-0.1, -0.05) is 31.0 Å². The molecule has 29 heavy (non-hydrogen) atoms. The Morgan fingerprint density at radius 2 is 1.90 bits per heavy atom. The van der Waals surface area contributed by atoms with Crippen molar-refractivity contribution >= 4 is 17.5 Å². The van der Waals surface area contributed by atoms with Gasteiger partial charge in [0.05, 0.1) is 11.4 Å². The minimum Gasteiger partial charge on any atom is -0.385 e. The van der Waals surface area contributed by atoms with E-state index in [4.69, 9.17) is 9.72 Å². The van der Waals surface area contributed by atoms with Crippen LogP contribution in [-0.2, 0) is 11.3 Å². The van der Waals surface area contributed by atoms with E-state index in [-0.39, 0.29) is 5.78 Å². The Kier molecular flexibility index (Phi) is 7.63. The maximum absolute atomic E-state index is 13.0. The predicted octanol–water partition coefficient (Wildman–Crippen LogP) is 5.43. The molecule has 1 fully saturated rings. The molecule has 2 heterocycles. The lowest BCUT2D eigenvalue weighted by atomic mass is 9.95. The molecule has 0 N–H and O–H groups in total. The van der Waals surface area contributed by atoms with E-state index in [0.717, 1.165) is 47.4 Å². The molecule has 0 radical (unpaired) electrons. The number of nitrogens with zero attached hydrogens (tertiary/aromatic N) is 3. The molecule has 1 saturated carbocycles. The highest BCUT2D eigenvalue weighted by molar-refractivity contribution is 7.99. The summed E-state index contributed by atoms with van der Waals surface area (Å²) >= 11 is 1.60. The molecule has 1 aliphatic carbocycles. The highest BCUT2D eigenvalue weighted by Crippen LogP contribution is 2.34. The average molecular weight is 418 g/mol. The number of rotatable bonds is 9. The molecule has 6 heteroatoms. The Hall–Kier alpha value is -1.53. The van der Waals surface area contributed by atoms with Gasteiger partial charge in [-0.3, -0.25) is 4.79 Å². The molecule has 0 aliphatic heterocycles. The summed E-state index contributed by atoms with van der Waals surface area (Å²) in [5, 5.41) is 1.01. The van der Waals surface area contributed by atoms with Crippen molar-refractivity contribution in [3.8, 4) is 0 Å². The number of ketones is 1. The van der Waals surface area contributed by atoms with Crippen LogP contribution in [0.5, 0.6) is 0 Å². The van der Waals surface area contributed by atoms with Crippen molar-refractivity contribution in [2.24, 2.45) is 0 Å². The van der Waals surface area contributed by atoms with E-state index >= 15 is 0 Å². The molecule has 0 aromatic carbocycles. The molecule has 2 aromatic heterocycles. The largest absolute Gasteiger partial charge is 0.385 e. The Bertz CT molecular complexity index is 847. The van der Waals surface area contributed by atoms with Crippen LogP contribution in [0.4, 0.5) is 0 Å². The van der Waals surface area contributed by atoms with Gasteiger partial charge in [-0.05, 0) is 53.0 Å². The van der Waals surface area contributed by atoms with Gasteiger partial charge in [0, 0.05) is 48.9 Å². The number of hydrogen-bond acceptors (Lipinski definition) is 4. The average Bonchev–Trinajstić information content (AvgIpc) is 3.16. The van der Waals surface area contributed by atoms with Gasteiger partial charge in [0.2, 0.25) is 0 Å². The third kappa shape index (κ3) is 4.97. The fraction of sp³-hybridized carbons (Fsp3) is 0.652. The van der Waals surface area contributed by atoms with Crippen LogP contribution in [0, 0.1) is 27.7 Å². The summed E-state index contributed by atoms with van der Waals surface area (Å²) < 4.78 is 9.80. The minimum atomic E-state index is 0.189. The van der Waals surface area contributed by atoms with E-state index < -0.39 is 0 Å². The molecule has 5 nitrogen and oxygen atoms in total. The van der Waals surface area contributed by atoms with E-state index in [1.165, 1.54) is 37.8 Å². The SMILES string of the molecule is COCCCn1c(C)cc(C(=O)CSc2nc(C)c(C)n2C2CCCCC2)c1C. The zero-order valence-corrected chi connectivity index (χ0v) is 19.4. The van der Waals surface area contributed by atoms with Crippen molar-refractivity contribution in [1.82, 2.24) is 14.1 Å². The summed E-state index contributed by atoms with van der Waals surface area (Å²) in [5.74, 6) is 0.625. The number of carbonyl (C=O) groups excluding carboxylic acids is 1. The van der Waals surface area contributed by atoms with Crippen LogP contribution in [0.15, 0.2) is 11.2 Å². The smallest absolute Gasteiger partial charge is 0.175 e. The third-order valence-corrected chi connectivity index (χ3v) is 7.18. The van der Waals surface area contributed by atoms with E-state index in [1.807, 2.05) is 6.07 Å². The van der Waals surface area contributed by atoms with Crippen LogP contribution in [0.3, 0.4) is 0 Å². The van der Waals surface area contributed by atoms with E-state index in [9.17, 15) is 4.79 Å². The van der Waals surface area contributed by atoms with Crippen molar-refractivity contribution in [3.05, 3.63) is 34.4 Å². The highest BCUT2D eigenvalue weighted by atomic mass is 32.2. The first-order chi connectivity index (χ1) is 13.9. The summed E-state index contributed by atoms with van der Waals surface area (Å²) in [6, 6.07) is 2.57. The molecule has 0 bridgehead atoms. The summed E-state index contributed by atoms with van der Waals surface area (Å²) in [7, 11) is 1.72. The molecular formula is C23H35N3O2S. The minimum absolute atomic E-state index is 0.189. The van der Waals surface area contributed by atoms with Crippen LogP contribution in [0.1, 0.15) is 77.7 Å². The van der Waals surface area contributed by atoms with Gasteiger partial charge in [0.25, 0.3) is 0 Å². The molecule has 0 spiro atoms. The summed E-state index contributed by atoms with van der Waals surface area (Å²) in [5.41, 5.74) is 5.39. The first-order valence-corrected chi connectivity index (χ1v) is 11.8. The molecule has 1 aliphatic rings. The lowest BCUT2D eigenvalue weighted by Crippen LogP contribution is -2.15. The van der Waals surface area contributed by atoms with Crippen LogP contribution in [-0.4, -0.2) is 39.4 Å². The molecule has 160 valence electrons. The summed E-state index contributed by atoms with van der Waals surface area (Å²) in [4.78, 5) is 17.8. The van der Waals surface area contributed by atoms with Gasteiger partial charge >= 0.3 is 0 Å². The fourth-order valence-electron chi connectivity index (χ4n) is 4.47. The fourth-order valence-corrected chi connectivity index (χ4v) is 5.51. The number of methoxy groups -OCH3 is 1. The van der Waals surface area contributed by atoms with Crippen molar-refractivity contribution in [2.75, 3.05) is 19.5 Å². The molecule has 0 saturated heterocycles. The van der Waals surface area contributed by atoms with Crippen LogP contribution < -0.4 is 0 Å². The monoisotopic (exact) mass is 417 g/mol.